The van der Waals surface area contributed by atoms with Crippen LogP contribution in [0.1, 0.15) is 28.8 Å². The van der Waals surface area contributed by atoms with E-state index < -0.39 is 32.9 Å². The van der Waals surface area contributed by atoms with E-state index in [0.29, 0.717) is 18.7 Å². The summed E-state index contributed by atoms with van der Waals surface area (Å²) in [5, 5.41) is 21.4. The summed E-state index contributed by atoms with van der Waals surface area (Å²) >= 11 is 0. The molecule has 1 fully saturated rings. The van der Waals surface area contributed by atoms with Crippen LogP contribution in [0.4, 0.5) is 5.69 Å². The standard InChI is InChI=1S/C24H30N6O7S/c1-37-23(32)19-6-2-3-7-21(19)38(35,36)28-20(13-16-8-10-18(11-9-16)30(33)34)22(31)27-14-17-5-4-12-29(15-17)24(25)26/h2-3,6-11,17,20,28H,4-5,12-15H2,1H3,(H3,25,26)(H,27,31). The van der Waals surface area contributed by atoms with E-state index in [9.17, 15) is 28.1 Å². The number of nitrogens with one attached hydrogen (secondary N) is 3. The van der Waals surface area contributed by atoms with E-state index >= 15 is 0 Å². The number of hydrogen-bond acceptors (Lipinski definition) is 8. The number of carbonyl (C=O) groups excluding carboxylic acids is 2. The van der Waals surface area contributed by atoms with Crippen molar-refractivity contribution in [1.29, 1.82) is 5.41 Å². The zero-order valence-corrected chi connectivity index (χ0v) is 21.6. The lowest BCUT2D eigenvalue weighted by molar-refractivity contribution is -0.384. The van der Waals surface area contributed by atoms with Gasteiger partial charge in [-0.05, 0) is 42.9 Å². The number of ether oxygens (including phenoxy) is 1. The van der Waals surface area contributed by atoms with Gasteiger partial charge in [-0.1, -0.05) is 24.3 Å². The molecule has 1 aliphatic heterocycles. The van der Waals surface area contributed by atoms with Crippen molar-refractivity contribution in [2.45, 2.75) is 30.2 Å². The number of nitrogens with zero attached hydrogens (tertiary/aromatic N) is 2. The van der Waals surface area contributed by atoms with E-state index in [1.54, 1.807) is 4.90 Å². The average Bonchev–Trinajstić information content (AvgIpc) is 2.91. The first-order valence-corrected chi connectivity index (χ1v) is 13.3. The fraction of sp³-hybridized carbons (Fsp3) is 0.375. The number of nitro benzene ring substituents is 1. The van der Waals surface area contributed by atoms with E-state index in [0.717, 1.165) is 20.0 Å². The Kier molecular flexibility index (Phi) is 9.36. The second kappa shape index (κ2) is 12.5. The summed E-state index contributed by atoms with van der Waals surface area (Å²) in [7, 11) is -3.24. The van der Waals surface area contributed by atoms with Gasteiger partial charge in [0.1, 0.15) is 6.04 Å². The number of nitro groups is 1. The molecule has 14 heteroatoms. The largest absolute Gasteiger partial charge is 0.465 e. The third kappa shape index (κ3) is 7.26. The Labute approximate surface area is 220 Å². The van der Waals surface area contributed by atoms with E-state index in [1.807, 2.05) is 0 Å². The van der Waals surface area contributed by atoms with Crippen LogP contribution in [0.5, 0.6) is 0 Å². The van der Waals surface area contributed by atoms with Crippen molar-refractivity contribution in [1.82, 2.24) is 14.9 Å². The third-order valence-corrected chi connectivity index (χ3v) is 7.74. The minimum absolute atomic E-state index is 0.00767. The molecule has 0 aliphatic carbocycles. The number of esters is 1. The molecule has 0 saturated carbocycles. The zero-order chi connectivity index (χ0) is 27.9. The quantitative estimate of drug-likeness (QED) is 0.110. The van der Waals surface area contributed by atoms with Crippen LogP contribution >= 0.6 is 0 Å². The average molecular weight is 547 g/mol. The molecule has 1 amide bonds. The van der Waals surface area contributed by atoms with Crippen molar-refractivity contribution in [3.05, 3.63) is 69.8 Å². The second-order valence-electron chi connectivity index (χ2n) is 8.87. The SMILES string of the molecule is COC(=O)c1ccccc1S(=O)(=O)NC(Cc1ccc([N+](=O)[O-])cc1)C(=O)NCC1CCCN(C(=N)N)C1. The van der Waals surface area contributed by atoms with Crippen LogP contribution in [0.25, 0.3) is 0 Å². The predicted molar refractivity (Wildman–Crippen MR) is 138 cm³/mol. The summed E-state index contributed by atoms with van der Waals surface area (Å²) in [5.74, 6) is -1.50. The van der Waals surface area contributed by atoms with Gasteiger partial charge >= 0.3 is 5.97 Å². The van der Waals surface area contributed by atoms with Gasteiger partial charge in [0.05, 0.1) is 22.5 Å². The molecule has 2 aromatic carbocycles. The van der Waals surface area contributed by atoms with E-state index in [1.165, 1.54) is 48.5 Å². The lowest BCUT2D eigenvalue weighted by Crippen LogP contribution is -2.51. The maximum Gasteiger partial charge on any atom is 0.339 e. The monoisotopic (exact) mass is 546 g/mol. The number of non-ortho nitro benzene ring substituents is 1. The fourth-order valence-corrected chi connectivity index (χ4v) is 5.62. The van der Waals surface area contributed by atoms with Crippen LogP contribution in [-0.4, -0.2) is 68.9 Å². The zero-order valence-electron chi connectivity index (χ0n) is 20.8. The second-order valence-corrected chi connectivity index (χ2v) is 10.6. The summed E-state index contributed by atoms with van der Waals surface area (Å²) < 4.78 is 33.7. The number of nitrogens with two attached hydrogens (primary N) is 1. The molecule has 38 heavy (non-hydrogen) atoms. The van der Waals surface area contributed by atoms with E-state index in [-0.39, 0.29) is 41.0 Å². The third-order valence-electron chi connectivity index (χ3n) is 6.21. The van der Waals surface area contributed by atoms with Crippen molar-refractivity contribution >= 4 is 33.5 Å². The van der Waals surface area contributed by atoms with Gasteiger partial charge in [-0.2, -0.15) is 4.72 Å². The fourth-order valence-electron chi connectivity index (χ4n) is 4.23. The molecule has 0 spiro atoms. The molecule has 204 valence electrons. The highest BCUT2D eigenvalue weighted by Gasteiger charge is 2.30. The lowest BCUT2D eigenvalue weighted by atomic mass is 9.98. The highest BCUT2D eigenvalue weighted by atomic mass is 32.2. The number of piperidine rings is 1. The van der Waals surface area contributed by atoms with Gasteiger partial charge in [0.2, 0.25) is 15.9 Å². The number of carbonyl (C=O) groups is 2. The van der Waals surface area contributed by atoms with Crippen molar-refractivity contribution < 1.29 is 27.7 Å². The normalized spacial score (nSPS) is 16.3. The predicted octanol–water partition coefficient (Wildman–Crippen LogP) is 0.993. The Bertz CT molecular complexity index is 1300. The first-order valence-electron chi connectivity index (χ1n) is 11.8. The Hall–Kier alpha value is -4.04. The first kappa shape index (κ1) is 28.5. The Morgan fingerprint density at radius 2 is 1.92 bits per heavy atom. The minimum atomic E-state index is -4.37. The van der Waals surface area contributed by atoms with E-state index in [4.69, 9.17) is 11.1 Å². The number of guanidine groups is 1. The Balaban J connectivity index is 1.83. The van der Waals surface area contributed by atoms with Crippen LogP contribution < -0.4 is 15.8 Å². The summed E-state index contributed by atoms with van der Waals surface area (Å²) in [6, 6.07) is 9.59. The maximum absolute atomic E-state index is 13.3. The number of hydrogen-bond donors (Lipinski definition) is 4. The van der Waals surface area contributed by atoms with Crippen LogP contribution in [0.15, 0.2) is 53.4 Å². The van der Waals surface area contributed by atoms with Gasteiger partial charge < -0.3 is 20.7 Å². The van der Waals surface area contributed by atoms with Gasteiger partial charge in [0.25, 0.3) is 5.69 Å². The molecule has 0 radical (unpaired) electrons. The molecule has 2 unspecified atom stereocenters. The molecular weight excluding hydrogens is 516 g/mol. The Morgan fingerprint density at radius 1 is 1.24 bits per heavy atom. The molecule has 2 atom stereocenters. The number of sulfonamides is 1. The van der Waals surface area contributed by atoms with Crippen molar-refractivity contribution in [2.75, 3.05) is 26.7 Å². The van der Waals surface area contributed by atoms with Crippen molar-refractivity contribution in [2.24, 2.45) is 11.7 Å². The van der Waals surface area contributed by atoms with Crippen molar-refractivity contribution in [3.8, 4) is 0 Å². The summed E-state index contributed by atoms with van der Waals surface area (Å²) in [6.45, 7) is 1.38. The Morgan fingerprint density at radius 3 is 2.55 bits per heavy atom. The number of likely N-dealkylation sites (tertiary alicyclic amines) is 1. The first-order chi connectivity index (χ1) is 18.0. The van der Waals surface area contributed by atoms with Gasteiger partial charge in [0.15, 0.2) is 5.96 Å². The summed E-state index contributed by atoms with van der Waals surface area (Å²) in [5.41, 5.74) is 5.74. The maximum atomic E-state index is 13.3. The van der Waals surface area contributed by atoms with Crippen LogP contribution in [0.2, 0.25) is 0 Å². The highest BCUT2D eigenvalue weighted by molar-refractivity contribution is 7.89. The number of methoxy groups -OCH3 is 1. The van der Waals surface area contributed by atoms with Gasteiger partial charge in [-0.15, -0.1) is 0 Å². The molecule has 0 bridgehead atoms. The summed E-state index contributed by atoms with van der Waals surface area (Å²) in [4.78, 5) is 37.2. The van der Waals surface area contributed by atoms with Crippen molar-refractivity contribution in [3.63, 3.8) is 0 Å². The molecule has 1 aliphatic rings. The molecule has 13 nitrogen and oxygen atoms in total. The molecule has 0 aromatic heterocycles. The van der Waals surface area contributed by atoms with Gasteiger partial charge in [-0.3, -0.25) is 20.3 Å². The highest BCUT2D eigenvalue weighted by Crippen LogP contribution is 2.19. The van der Waals surface area contributed by atoms with E-state index in [2.05, 4.69) is 14.8 Å². The molecule has 1 saturated heterocycles. The van der Waals surface area contributed by atoms with Gasteiger partial charge in [-0.25, -0.2) is 13.2 Å². The van der Waals surface area contributed by atoms with Crippen LogP contribution in [0, 0.1) is 21.4 Å². The smallest absolute Gasteiger partial charge is 0.339 e. The number of benzene rings is 2. The number of rotatable bonds is 10. The van der Waals surface area contributed by atoms with Crippen LogP contribution in [-0.2, 0) is 26.0 Å². The molecule has 2 aromatic rings. The summed E-state index contributed by atoms with van der Waals surface area (Å²) in [6.07, 6.45) is 1.49. The molecule has 1 heterocycles. The molecule has 3 rings (SSSR count). The van der Waals surface area contributed by atoms with Gasteiger partial charge in [0, 0.05) is 31.8 Å². The lowest BCUT2D eigenvalue weighted by Gasteiger charge is -2.33. The topological polar surface area (TPSA) is 198 Å². The molecular formula is C24H30N6O7S. The van der Waals surface area contributed by atoms with Crippen LogP contribution in [0.3, 0.4) is 0 Å². The minimum Gasteiger partial charge on any atom is -0.465 e. The number of amides is 1. The molecule has 5 N–H and O–H groups in total.